The molecule has 0 N–H and O–H groups in total. The fourth-order valence-corrected chi connectivity index (χ4v) is 5.62. The van der Waals surface area contributed by atoms with Crippen molar-refractivity contribution in [1.29, 1.82) is 0 Å². The molecule has 2 aromatic carbocycles. The summed E-state index contributed by atoms with van der Waals surface area (Å²) in [4.78, 5) is 29.8. The summed E-state index contributed by atoms with van der Waals surface area (Å²) in [5, 5.41) is 0. The van der Waals surface area contributed by atoms with E-state index in [0.717, 1.165) is 53.9 Å². The molecule has 5 heteroatoms. The zero-order valence-corrected chi connectivity index (χ0v) is 19.2. The molecule has 1 unspecified atom stereocenters. The molecule has 2 aromatic rings. The van der Waals surface area contributed by atoms with Crippen LogP contribution in [-0.2, 0) is 23.5 Å². The number of hydrogen-bond acceptors (Lipinski definition) is 4. The number of rotatable bonds is 10. The molecule has 1 amide bonds. The number of benzene rings is 2. The van der Waals surface area contributed by atoms with Crippen molar-refractivity contribution < 1.29 is 9.59 Å². The van der Waals surface area contributed by atoms with Crippen LogP contribution in [0.1, 0.15) is 59.7 Å². The number of amides is 1. The monoisotopic (exact) mass is 436 g/mol. The van der Waals surface area contributed by atoms with Gasteiger partial charge in [0.25, 0.3) is 5.91 Å². The van der Waals surface area contributed by atoms with Crippen LogP contribution in [-0.4, -0.2) is 47.7 Å². The van der Waals surface area contributed by atoms with E-state index in [1.54, 1.807) is 16.7 Å². The van der Waals surface area contributed by atoms with Gasteiger partial charge < -0.3 is 14.6 Å². The number of thioether (sulfide) groups is 1. The second-order valence-corrected chi connectivity index (χ2v) is 9.63. The van der Waals surface area contributed by atoms with Crippen LogP contribution < -0.4 is 0 Å². The average molecular weight is 437 g/mol. The summed E-state index contributed by atoms with van der Waals surface area (Å²) in [6.45, 7) is 6.25. The van der Waals surface area contributed by atoms with Gasteiger partial charge >= 0.3 is 0 Å². The van der Waals surface area contributed by atoms with Gasteiger partial charge in [-0.05, 0) is 67.6 Å². The number of carbonyl (C=O) groups is 2. The normalized spacial score (nSPS) is 17.2. The molecule has 4 rings (SSSR count). The Morgan fingerprint density at radius 3 is 2.52 bits per heavy atom. The molecule has 0 radical (unpaired) electrons. The van der Waals surface area contributed by atoms with Gasteiger partial charge in [-0.15, -0.1) is 11.8 Å². The number of likely N-dealkylation sites (tertiary alicyclic amines) is 1. The summed E-state index contributed by atoms with van der Waals surface area (Å²) in [5.74, 6) is 0.869. The average Bonchev–Trinajstić information content (AvgIpc) is 3.44. The van der Waals surface area contributed by atoms with Gasteiger partial charge in [0.15, 0.2) is 0 Å². The lowest BCUT2D eigenvalue weighted by molar-refractivity contribution is -0.112. The third-order valence-corrected chi connectivity index (χ3v) is 7.60. The van der Waals surface area contributed by atoms with Crippen molar-refractivity contribution in [1.82, 2.24) is 9.80 Å². The Balaban J connectivity index is 1.37. The molecule has 0 aromatic heterocycles. The van der Waals surface area contributed by atoms with E-state index in [1.807, 2.05) is 19.1 Å². The standard InChI is InChI=1S/C26H32N2O2S/c1-2-6-22(18-29)28-17-24-23(26(28)30)7-5-8-25(24)31-19-21-11-9-20(10-12-21)13-16-27-14-3-4-15-27/h5,7-12,18,22H,2-4,6,13-17,19H2,1H3. The van der Waals surface area contributed by atoms with Gasteiger partial charge in [0.2, 0.25) is 0 Å². The molecule has 0 aliphatic carbocycles. The van der Waals surface area contributed by atoms with Crippen molar-refractivity contribution in [2.45, 2.75) is 62.3 Å². The molecule has 31 heavy (non-hydrogen) atoms. The number of fused-ring (bicyclic) bond motifs is 1. The molecule has 2 heterocycles. The van der Waals surface area contributed by atoms with Gasteiger partial charge in [-0.25, -0.2) is 0 Å². The van der Waals surface area contributed by atoms with E-state index < -0.39 is 0 Å². The zero-order chi connectivity index (χ0) is 21.6. The third-order valence-electron chi connectivity index (χ3n) is 6.43. The van der Waals surface area contributed by atoms with E-state index >= 15 is 0 Å². The smallest absolute Gasteiger partial charge is 0.255 e. The van der Waals surface area contributed by atoms with Crippen molar-refractivity contribution in [2.75, 3.05) is 19.6 Å². The molecule has 2 aliphatic heterocycles. The van der Waals surface area contributed by atoms with E-state index in [2.05, 4.69) is 35.2 Å². The van der Waals surface area contributed by atoms with Crippen LogP contribution >= 0.6 is 11.8 Å². The van der Waals surface area contributed by atoms with E-state index in [4.69, 9.17) is 0 Å². The van der Waals surface area contributed by atoms with Gasteiger partial charge in [-0.3, -0.25) is 4.79 Å². The lowest BCUT2D eigenvalue weighted by Crippen LogP contribution is -2.36. The van der Waals surface area contributed by atoms with Crippen LogP contribution in [0.3, 0.4) is 0 Å². The van der Waals surface area contributed by atoms with Crippen LogP contribution in [0, 0.1) is 0 Å². The summed E-state index contributed by atoms with van der Waals surface area (Å²) in [6, 6.07) is 14.6. The Bertz CT molecular complexity index is 906. The van der Waals surface area contributed by atoms with E-state index in [1.165, 1.54) is 37.1 Å². The van der Waals surface area contributed by atoms with E-state index in [-0.39, 0.29) is 11.9 Å². The summed E-state index contributed by atoms with van der Waals surface area (Å²) < 4.78 is 0. The molecule has 0 saturated carbocycles. The highest BCUT2D eigenvalue weighted by Gasteiger charge is 2.33. The van der Waals surface area contributed by atoms with Crippen molar-refractivity contribution in [3.05, 3.63) is 64.7 Å². The molecule has 0 bridgehead atoms. The van der Waals surface area contributed by atoms with Crippen LogP contribution in [0.25, 0.3) is 0 Å². The minimum Gasteiger partial charge on any atom is -0.324 e. The Hall–Kier alpha value is -2.11. The van der Waals surface area contributed by atoms with Crippen LogP contribution in [0.15, 0.2) is 47.4 Å². The van der Waals surface area contributed by atoms with Crippen molar-refractivity contribution in [3.8, 4) is 0 Å². The van der Waals surface area contributed by atoms with Gasteiger partial charge in [-0.2, -0.15) is 0 Å². The number of aldehydes is 1. The van der Waals surface area contributed by atoms with Crippen molar-refractivity contribution in [2.24, 2.45) is 0 Å². The summed E-state index contributed by atoms with van der Waals surface area (Å²) >= 11 is 1.78. The Labute approximate surface area is 190 Å². The fourth-order valence-electron chi connectivity index (χ4n) is 4.58. The topological polar surface area (TPSA) is 40.6 Å². The maximum absolute atomic E-state index is 12.8. The second-order valence-electron chi connectivity index (χ2n) is 8.61. The first-order chi connectivity index (χ1) is 15.2. The number of hydrogen-bond donors (Lipinski definition) is 0. The van der Waals surface area contributed by atoms with E-state index in [9.17, 15) is 9.59 Å². The minimum atomic E-state index is -0.323. The highest BCUT2D eigenvalue weighted by Crippen LogP contribution is 2.35. The van der Waals surface area contributed by atoms with E-state index in [0.29, 0.717) is 6.54 Å². The Morgan fingerprint density at radius 1 is 1.06 bits per heavy atom. The first-order valence-electron chi connectivity index (χ1n) is 11.5. The molecule has 164 valence electrons. The summed E-state index contributed by atoms with van der Waals surface area (Å²) in [6.07, 6.45) is 6.34. The number of nitrogens with zero attached hydrogens (tertiary/aromatic N) is 2. The highest BCUT2D eigenvalue weighted by molar-refractivity contribution is 7.98. The molecule has 1 saturated heterocycles. The van der Waals surface area contributed by atoms with Gasteiger partial charge in [0.05, 0.1) is 6.04 Å². The lowest BCUT2D eigenvalue weighted by atomic mass is 10.1. The predicted octanol–water partition coefficient (Wildman–Crippen LogP) is 4.94. The van der Waals surface area contributed by atoms with Crippen LogP contribution in [0.4, 0.5) is 0 Å². The lowest BCUT2D eigenvalue weighted by Gasteiger charge is -2.22. The molecule has 4 nitrogen and oxygen atoms in total. The quantitative estimate of drug-likeness (QED) is 0.391. The molecule has 1 atom stereocenters. The largest absolute Gasteiger partial charge is 0.324 e. The maximum Gasteiger partial charge on any atom is 0.255 e. The van der Waals surface area contributed by atoms with Gasteiger partial charge in [0.1, 0.15) is 6.29 Å². The molecule has 2 aliphatic rings. The predicted molar refractivity (Wildman–Crippen MR) is 126 cm³/mol. The highest BCUT2D eigenvalue weighted by atomic mass is 32.2. The van der Waals surface area contributed by atoms with Gasteiger partial charge in [0, 0.05) is 29.3 Å². The molecule has 1 fully saturated rings. The first-order valence-corrected chi connectivity index (χ1v) is 12.5. The maximum atomic E-state index is 12.8. The summed E-state index contributed by atoms with van der Waals surface area (Å²) in [5.41, 5.74) is 4.52. The Kier molecular flexibility index (Phi) is 7.46. The van der Waals surface area contributed by atoms with Gasteiger partial charge in [-0.1, -0.05) is 43.7 Å². The second kappa shape index (κ2) is 10.5. The SMILES string of the molecule is CCCC(C=O)N1Cc2c(SCc3ccc(CCN4CCCC4)cc3)cccc2C1=O. The zero-order valence-electron chi connectivity index (χ0n) is 18.4. The molecular formula is C26H32N2O2S. The minimum absolute atomic E-state index is 0.00893. The summed E-state index contributed by atoms with van der Waals surface area (Å²) in [7, 11) is 0. The van der Waals surface area contributed by atoms with Crippen molar-refractivity contribution in [3.63, 3.8) is 0 Å². The molecule has 0 spiro atoms. The van der Waals surface area contributed by atoms with Crippen LogP contribution in [0.2, 0.25) is 0 Å². The van der Waals surface area contributed by atoms with Crippen molar-refractivity contribution >= 4 is 24.0 Å². The number of carbonyl (C=O) groups excluding carboxylic acids is 2. The fraction of sp³-hybridized carbons (Fsp3) is 0.462. The molecular weight excluding hydrogens is 404 g/mol. The van der Waals surface area contributed by atoms with Crippen LogP contribution in [0.5, 0.6) is 0 Å². The third kappa shape index (κ3) is 5.21. The Morgan fingerprint density at radius 2 is 1.81 bits per heavy atom. The first kappa shape index (κ1) is 22.1.